The first-order chi connectivity index (χ1) is 9.49. The summed E-state index contributed by atoms with van der Waals surface area (Å²) in [5, 5.41) is 11.6. The van der Waals surface area contributed by atoms with Crippen LogP contribution < -0.4 is 10.1 Å². The molecule has 1 rings (SSSR count). The molecule has 1 amide bonds. The molecule has 5 heteroatoms. The fourth-order valence-corrected chi connectivity index (χ4v) is 1.40. The highest BCUT2D eigenvalue weighted by atomic mass is 16.5. The van der Waals surface area contributed by atoms with E-state index in [1.807, 2.05) is 30.3 Å². The number of nitrogens with one attached hydrogen (secondary N) is 1. The van der Waals surface area contributed by atoms with Crippen molar-refractivity contribution in [3.8, 4) is 11.8 Å². The smallest absolute Gasteiger partial charge is 0.240 e. The van der Waals surface area contributed by atoms with Gasteiger partial charge >= 0.3 is 0 Å². The number of nitrogens with zero attached hydrogens (tertiary/aromatic N) is 1. The molecular formula is C15H20N2O3. The molecule has 0 aromatic heterocycles. The van der Waals surface area contributed by atoms with Gasteiger partial charge in [-0.05, 0) is 31.5 Å². The van der Waals surface area contributed by atoms with Crippen LogP contribution in [0.25, 0.3) is 0 Å². The van der Waals surface area contributed by atoms with E-state index < -0.39 is 5.41 Å². The molecule has 1 aromatic rings. The standard InChI is InChI=1S/C15H20N2O3/c1-15(2,11-16)14(18)17-10-12-4-6-13(7-5-12)20-9-8-19-3/h4-7H,8-10H2,1-3H3,(H,17,18). The maximum absolute atomic E-state index is 11.7. The predicted molar refractivity (Wildman–Crippen MR) is 75.1 cm³/mol. The fourth-order valence-electron chi connectivity index (χ4n) is 1.40. The molecule has 0 fully saturated rings. The minimum Gasteiger partial charge on any atom is -0.491 e. The highest BCUT2D eigenvalue weighted by Gasteiger charge is 2.26. The Morgan fingerprint density at radius 1 is 1.30 bits per heavy atom. The van der Waals surface area contributed by atoms with E-state index in [1.165, 1.54) is 0 Å². The number of amides is 1. The Morgan fingerprint density at radius 3 is 2.50 bits per heavy atom. The molecule has 20 heavy (non-hydrogen) atoms. The van der Waals surface area contributed by atoms with Crippen molar-refractivity contribution in [3.05, 3.63) is 29.8 Å². The third-order valence-corrected chi connectivity index (χ3v) is 2.78. The van der Waals surface area contributed by atoms with Gasteiger partial charge in [0.1, 0.15) is 17.8 Å². The molecule has 0 aliphatic heterocycles. The number of methoxy groups -OCH3 is 1. The van der Waals surface area contributed by atoms with Crippen molar-refractivity contribution in [2.45, 2.75) is 20.4 Å². The van der Waals surface area contributed by atoms with Crippen LogP contribution in [-0.2, 0) is 16.1 Å². The van der Waals surface area contributed by atoms with Gasteiger partial charge in [0.05, 0.1) is 12.7 Å². The summed E-state index contributed by atoms with van der Waals surface area (Å²) in [7, 11) is 1.62. The molecule has 0 radical (unpaired) electrons. The number of benzene rings is 1. The summed E-state index contributed by atoms with van der Waals surface area (Å²) in [4.78, 5) is 11.7. The SMILES string of the molecule is COCCOc1ccc(CNC(=O)C(C)(C)C#N)cc1. The minimum atomic E-state index is -1.01. The topological polar surface area (TPSA) is 71.3 Å². The summed E-state index contributed by atoms with van der Waals surface area (Å²) >= 11 is 0. The Bertz CT molecular complexity index is 475. The molecule has 1 N–H and O–H groups in total. The normalized spacial score (nSPS) is 10.7. The van der Waals surface area contributed by atoms with Crippen LogP contribution in [0.5, 0.6) is 5.75 Å². The zero-order valence-electron chi connectivity index (χ0n) is 12.1. The second-order valence-electron chi connectivity index (χ2n) is 4.90. The molecule has 0 saturated heterocycles. The molecule has 0 aliphatic rings. The van der Waals surface area contributed by atoms with Gasteiger partial charge in [-0.3, -0.25) is 4.79 Å². The molecule has 0 heterocycles. The summed E-state index contributed by atoms with van der Waals surface area (Å²) < 4.78 is 10.3. The van der Waals surface area contributed by atoms with Crippen LogP contribution in [-0.4, -0.2) is 26.2 Å². The molecule has 0 atom stereocenters. The van der Waals surface area contributed by atoms with Crippen molar-refractivity contribution in [1.82, 2.24) is 5.32 Å². The van der Waals surface area contributed by atoms with Crippen LogP contribution in [0, 0.1) is 16.7 Å². The molecule has 0 aliphatic carbocycles. The van der Waals surface area contributed by atoms with Crippen LogP contribution in [0.3, 0.4) is 0 Å². The van der Waals surface area contributed by atoms with Crippen LogP contribution in [0.2, 0.25) is 0 Å². The average Bonchev–Trinajstić information content (AvgIpc) is 2.46. The third kappa shape index (κ3) is 4.90. The van der Waals surface area contributed by atoms with E-state index in [1.54, 1.807) is 21.0 Å². The van der Waals surface area contributed by atoms with Crippen LogP contribution >= 0.6 is 0 Å². The van der Waals surface area contributed by atoms with Gasteiger partial charge in [-0.2, -0.15) is 5.26 Å². The zero-order valence-corrected chi connectivity index (χ0v) is 12.1. The summed E-state index contributed by atoms with van der Waals surface area (Å²) in [6.45, 7) is 4.62. The summed E-state index contributed by atoms with van der Waals surface area (Å²) in [6.07, 6.45) is 0. The lowest BCUT2D eigenvalue weighted by molar-refractivity contribution is -0.126. The van der Waals surface area contributed by atoms with Gasteiger partial charge in [0.15, 0.2) is 0 Å². The van der Waals surface area contributed by atoms with Crippen molar-refractivity contribution in [3.63, 3.8) is 0 Å². The second-order valence-corrected chi connectivity index (χ2v) is 4.90. The number of ether oxygens (including phenoxy) is 2. The Kier molecular flexibility index (Phi) is 6.01. The Balaban J connectivity index is 2.46. The molecule has 108 valence electrons. The van der Waals surface area contributed by atoms with Gasteiger partial charge in [-0.15, -0.1) is 0 Å². The molecule has 5 nitrogen and oxygen atoms in total. The fraction of sp³-hybridized carbons (Fsp3) is 0.467. The molecule has 0 unspecified atom stereocenters. The van der Waals surface area contributed by atoms with Crippen molar-refractivity contribution in [2.24, 2.45) is 5.41 Å². The first-order valence-electron chi connectivity index (χ1n) is 6.40. The van der Waals surface area contributed by atoms with Crippen molar-refractivity contribution >= 4 is 5.91 Å². The Labute approximate surface area is 119 Å². The van der Waals surface area contributed by atoms with Crippen molar-refractivity contribution in [2.75, 3.05) is 20.3 Å². The van der Waals surface area contributed by atoms with E-state index in [0.717, 1.165) is 11.3 Å². The highest BCUT2D eigenvalue weighted by Crippen LogP contribution is 2.15. The summed E-state index contributed by atoms with van der Waals surface area (Å²) in [5.74, 6) is 0.481. The molecule has 0 spiro atoms. The van der Waals surface area contributed by atoms with Gasteiger partial charge in [0.25, 0.3) is 0 Å². The molecule has 0 bridgehead atoms. The van der Waals surface area contributed by atoms with Crippen LogP contribution in [0.1, 0.15) is 19.4 Å². The lowest BCUT2D eigenvalue weighted by Gasteiger charge is -2.15. The lowest BCUT2D eigenvalue weighted by Crippen LogP contribution is -2.35. The zero-order chi connectivity index (χ0) is 15.0. The Hall–Kier alpha value is -2.06. The number of rotatable bonds is 7. The van der Waals surface area contributed by atoms with Gasteiger partial charge in [0, 0.05) is 13.7 Å². The predicted octanol–water partition coefficient (Wildman–Crippen LogP) is 1.88. The van der Waals surface area contributed by atoms with E-state index in [2.05, 4.69) is 5.32 Å². The number of hydrogen-bond donors (Lipinski definition) is 1. The van der Waals surface area contributed by atoms with E-state index in [4.69, 9.17) is 14.7 Å². The van der Waals surface area contributed by atoms with Crippen LogP contribution in [0.4, 0.5) is 0 Å². The Morgan fingerprint density at radius 2 is 1.95 bits per heavy atom. The van der Waals surface area contributed by atoms with Gasteiger partial charge in [-0.1, -0.05) is 12.1 Å². The second kappa shape index (κ2) is 7.51. The van der Waals surface area contributed by atoms with Gasteiger partial charge < -0.3 is 14.8 Å². The van der Waals surface area contributed by atoms with Crippen molar-refractivity contribution < 1.29 is 14.3 Å². The summed E-state index contributed by atoms with van der Waals surface area (Å²) in [6, 6.07) is 9.40. The molecular weight excluding hydrogens is 256 g/mol. The number of hydrogen-bond acceptors (Lipinski definition) is 4. The monoisotopic (exact) mass is 276 g/mol. The molecule has 0 saturated carbocycles. The van der Waals surface area contributed by atoms with Gasteiger partial charge in [-0.25, -0.2) is 0 Å². The first kappa shape index (κ1) is 16.0. The largest absolute Gasteiger partial charge is 0.491 e. The average molecular weight is 276 g/mol. The lowest BCUT2D eigenvalue weighted by atomic mass is 9.95. The van der Waals surface area contributed by atoms with Gasteiger partial charge in [0.2, 0.25) is 5.91 Å². The molecule has 1 aromatic carbocycles. The van der Waals surface area contributed by atoms with E-state index >= 15 is 0 Å². The van der Waals surface area contributed by atoms with Crippen molar-refractivity contribution in [1.29, 1.82) is 5.26 Å². The first-order valence-corrected chi connectivity index (χ1v) is 6.40. The summed E-state index contributed by atoms with van der Waals surface area (Å²) in [5.41, 5.74) is -0.0605. The number of carbonyl (C=O) groups excluding carboxylic acids is 1. The highest BCUT2D eigenvalue weighted by molar-refractivity contribution is 5.84. The number of nitriles is 1. The maximum Gasteiger partial charge on any atom is 0.240 e. The van der Waals surface area contributed by atoms with Crippen LogP contribution in [0.15, 0.2) is 24.3 Å². The third-order valence-electron chi connectivity index (χ3n) is 2.78. The van der Waals surface area contributed by atoms with E-state index in [-0.39, 0.29) is 5.91 Å². The minimum absolute atomic E-state index is 0.277. The maximum atomic E-state index is 11.7. The quantitative estimate of drug-likeness (QED) is 0.772. The van der Waals surface area contributed by atoms with E-state index in [9.17, 15) is 4.79 Å². The van der Waals surface area contributed by atoms with E-state index in [0.29, 0.717) is 19.8 Å². The number of carbonyl (C=O) groups is 1.